The van der Waals surface area contributed by atoms with Crippen LogP contribution in [-0.2, 0) is 22.7 Å². The molecule has 8 nitrogen and oxygen atoms in total. The number of piperidine rings is 1. The SMILES string of the molecule is CC(=O)N1CCC(NC(=O)Cn2cc(CN)nn2)CC1. The Bertz CT molecular complexity index is 478. The quantitative estimate of drug-likeness (QED) is 0.725. The third-order valence-corrected chi connectivity index (χ3v) is 3.41. The minimum atomic E-state index is -0.0975. The van der Waals surface area contributed by atoms with E-state index in [1.54, 1.807) is 18.0 Å². The topological polar surface area (TPSA) is 106 Å². The minimum absolute atomic E-state index is 0.0895. The van der Waals surface area contributed by atoms with Crippen molar-refractivity contribution in [2.75, 3.05) is 13.1 Å². The molecule has 2 rings (SSSR count). The summed E-state index contributed by atoms with van der Waals surface area (Å²) in [4.78, 5) is 24.9. The second kappa shape index (κ2) is 6.47. The van der Waals surface area contributed by atoms with Gasteiger partial charge in [-0.25, -0.2) is 4.68 Å². The summed E-state index contributed by atoms with van der Waals surface area (Å²) >= 11 is 0. The van der Waals surface area contributed by atoms with Gasteiger partial charge in [-0.3, -0.25) is 9.59 Å². The summed E-state index contributed by atoms with van der Waals surface area (Å²) in [7, 11) is 0. The highest BCUT2D eigenvalue weighted by molar-refractivity contribution is 5.76. The van der Waals surface area contributed by atoms with Gasteiger partial charge in [0.05, 0.1) is 11.9 Å². The molecular weight excluding hydrogens is 260 g/mol. The van der Waals surface area contributed by atoms with Crippen LogP contribution in [-0.4, -0.2) is 50.8 Å². The normalized spacial score (nSPS) is 16.2. The molecule has 0 radical (unpaired) electrons. The van der Waals surface area contributed by atoms with Crippen molar-refractivity contribution < 1.29 is 9.59 Å². The number of hydrogen-bond acceptors (Lipinski definition) is 5. The van der Waals surface area contributed by atoms with Gasteiger partial charge < -0.3 is 16.0 Å². The highest BCUT2D eigenvalue weighted by Gasteiger charge is 2.21. The van der Waals surface area contributed by atoms with E-state index in [2.05, 4.69) is 15.6 Å². The molecule has 1 aromatic rings. The molecule has 0 saturated carbocycles. The lowest BCUT2D eigenvalue weighted by Gasteiger charge is -2.31. The number of carbonyl (C=O) groups is 2. The van der Waals surface area contributed by atoms with Crippen molar-refractivity contribution in [3.8, 4) is 0 Å². The first-order chi connectivity index (χ1) is 9.58. The van der Waals surface area contributed by atoms with E-state index >= 15 is 0 Å². The lowest BCUT2D eigenvalue weighted by atomic mass is 10.1. The molecule has 1 saturated heterocycles. The molecular formula is C12H20N6O2. The largest absolute Gasteiger partial charge is 0.352 e. The lowest BCUT2D eigenvalue weighted by Crippen LogP contribution is -2.46. The lowest BCUT2D eigenvalue weighted by molar-refractivity contribution is -0.130. The standard InChI is InChI=1S/C12H20N6O2/c1-9(19)17-4-2-10(3-5-17)14-12(20)8-18-7-11(6-13)15-16-18/h7,10H,2-6,8,13H2,1H3,(H,14,20). The third-order valence-electron chi connectivity index (χ3n) is 3.41. The number of aromatic nitrogens is 3. The maximum Gasteiger partial charge on any atom is 0.242 e. The monoisotopic (exact) mass is 280 g/mol. The van der Waals surface area contributed by atoms with Crippen molar-refractivity contribution >= 4 is 11.8 Å². The van der Waals surface area contributed by atoms with E-state index < -0.39 is 0 Å². The molecule has 1 fully saturated rings. The van der Waals surface area contributed by atoms with Crippen molar-refractivity contribution in [1.29, 1.82) is 0 Å². The van der Waals surface area contributed by atoms with Crippen LogP contribution < -0.4 is 11.1 Å². The second-order valence-corrected chi connectivity index (χ2v) is 4.96. The van der Waals surface area contributed by atoms with E-state index in [0.717, 1.165) is 12.8 Å². The molecule has 0 unspecified atom stereocenters. The van der Waals surface area contributed by atoms with Gasteiger partial charge in [0.25, 0.3) is 0 Å². The summed E-state index contributed by atoms with van der Waals surface area (Å²) in [6.45, 7) is 3.41. The van der Waals surface area contributed by atoms with Crippen molar-refractivity contribution in [3.63, 3.8) is 0 Å². The van der Waals surface area contributed by atoms with Crippen LogP contribution in [0.3, 0.4) is 0 Å². The first-order valence-electron chi connectivity index (χ1n) is 6.72. The molecule has 0 aromatic carbocycles. The Morgan fingerprint density at radius 3 is 2.70 bits per heavy atom. The Morgan fingerprint density at radius 1 is 1.45 bits per heavy atom. The summed E-state index contributed by atoms with van der Waals surface area (Å²) in [6, 6.07) is 0.121. The Hall–Kier alpha value is -1.96. The van der Waals surface area contributed by atoms with Gasteiger partial charge in [-0.2, -0.15) is 0 Å². The van der Waals surface area contributed by atoms with Crippen molar-refractivity contribution in [2.24, 2.45) is 5.73 Å². The molecule has 0 spiro atoms. The molecule has 110 valence electrons. The predicted molar refractivity (Wildman–Crippen MR) is 71.3 cm³/mol. The van der Waals surface area contributed by atoms with Crippen LogP contribution >= 0.6 is 0 Å². The molecule has 2 heterocycles. The van der Waals surface area contributed by atoms with Gasteiger partial charge in [-0.1, -0.05) is 5.21 Å². The molecule has 0 bridgehead atoms. The van der Waals surface area contributed by atoms with Crippen LogP contribution in [0.15, 0.2) is 6.20 Å². The molecule has 8 heteroatoms. The molecule has 1 aliphatic heterocycles. The Morgan fingerprint density at radius 2 is 2.15 bits per heavy atom. The van der Waals surface area contributed by atoms with E-state index in [4.69, 9.17) is 5.73 Å². The summed E-state index contributed by atoms with van der Waals surface area (Å²) in [5.41, 5.74) is 6.09. The van der Waals surface area contributed by atoms with Crippen LogP contribution in [0.25, 0.3) is 0 Å². The third kappa shape index (κ3) is 3.77. The van der Waals surface area contributed by atoms with Crippen LogP contribution in [0.1, 0.15) is 25.5 Å². The number of hydrogen-bond donors (Lipinski definition) is 2. The highest BCUT2D eigenvalue weighted by Crippen LogP contribution is 2.10. The summed E-state index contributed by atoms with van der Waals surface area (Å²) in [5, 5.41) is 10.6. The second-order valence-electron chi connectivity index (χ2n) is 4.96. The van der Waals surface area contributed by atoms with Gasteiger partial charge in [0.15, 0.2) is 0 Å². The van der Waals surface area contributed by atoms with Crippen LogP contribution in [0.4, 0.5) is 0 Å². The smallest absolute Gasteiger partial charge is 0.242 e. The summed E-state index contributed by atoms with van der Waals surface area (Å²) in [6.07, 6.45) is 3.24. The minimum Gasteiger partial charge on any atom is -0.352 e. The number of amides is 2. The van der Waals surface area contributed by atoms with Crippen LogP contribution in [0.5, 0.6) is 0 Å². The number of nitrogens with one attached hydrogen (secondary N) is 1. The molecule has 1 aromatic heterocycles. The Balaban J connectivity index is 1.76. The van der Waals surface area contributed by atoms with E-state index in [-0.39, 0.29) is 24.4 Å². The Labute approximate surface area is 117 Å². The van der Waals surface area contributed by atoms with Gasteiger partial charge in [0.1, 0.15) is 6.54 Å². The molecule has 0 aliphatic carbocycles. The van der Waals surface area contributed by atoms with E-state index in [1.165, 1.54) is 4.68 Å². The molecule has 0 atom stereocenters. The first kappa shape index (κ1) is 14.4. The zero-order valence-corrected chi connectivity index (χ0v) is 11.6. The maximum absolute atomic E-state index is 11.9. The fourth-order valence-electron chi connectivity index (χ4n) is 2.27. The fraction of sp³-hybridized carbons (Fsp3) is 0.667. The first-order valence-corrected chi connectivity index (χ1v) is 6.72. The fourth-order valence-corrected chi connectivity index (χ4v) is 2.27. The number of rotatable bonds is 4. The maximum atomic E-state index is 11.9. The van der Waals surface area contributed by atoms with Gasteiger partial charge in [0, 0.05) is 32.6 Å². The average molecular weight is 280 g/mol. The van der Waals surface area contributed by atoms with E-state index in [9.17, 15) is 9.59 Å². The molecule has 20 heavy (non-hydrogen) atoms. The number of carbonyl (C=O) groups excluding carboxylic acids is 2. The van der Waals surface area contributed by atoms with E-state index in [1.807, 2.05) is 0 Å². The molecule has 3 N–H and O–H groups in total. The Kier molecular flexibility index (Phi) is 4.67. The van der Waals surface area contributed by atoms with Gasteiger partial charge >= 0.3 is 0 Å². The predicted octanol–water partition coefficient (Wildman–Crippen LogP) is -1.14. The highest BCUT2D eigenvalue weighted by atomic mass is 16.2. The van der Waals surface area contributed by atoms with E-state index in [0.29, 0.717) is 25.3 Å². The zero-order chi connectivity index (χ0) is 14.5. The van der Waals surface area contributed by atoms with Crippen LogP contribution in [0.2, 0.25) is 0 Å². The van der Waals surface area contributed by atoms with Crippen molar-refractivity contribution in [1.82, 2.24) is 25.2 Å². The number of nitrogens with two attached hydrogens (primary N) is 1. The number of likely N-dealkylation sites (tertiary alicyclic amines) is 1. The van der Waals surface area contributed by atoms with Crippen LogP contribution in [0, 0.1) is 0 Å². The summed E-state index contributed by atoms with van der Waals surface area (Å²) < 4.78 is 1.47. The van der Waals surface area contributed by atoms with Gasteiger partial charge in [0.2, 0.25) is 11.8 Å². The molecule has 2 amide bonds. The van der Waals surface area contributed by atoms with Crippen molar-refractivity contribution in [3.05, 3.63) is 11.9 Å². The summed E-state index contributed by atoms with van der Waals surface area (Å²) in [5.74, 6) is -0.00791. The zero-order valence-electron chi connectivity index (χ0n) is 11.6. The van der Waals surface area contributed by atoms with Crippen molar-refractivity contribution in [2.45, 2.75) is 38.9 Å². The van der Waals surface area contributed by atoms with Gasteiger partial charge in [-0.05, 0) is 12.8 Å². The van der Waals surface area contributed by atoms with Gasteiger partial charge in [-0.15, -0.1) is 5.10 Å². The number of nitrogens with zero attached hydrogens (tertiary/aromatic N) is 4. The molecule has 1 aliphatic rings. The average Bonchev–Trinajstić information content (AvgIpc) is 2.86.